The van der Waals surface area contributed by atoms with Crippen molar-refractivity contribution >= 4 is 29.0 Å². The Morgan fingerprint density at radius 2 is 1.69 bits per heavy atom. The second-order valence-corrected chi connectivity index (χ2v) is 11.1. The quantitative estimate of drug-likeness (QED) is 0.217. The van der Waals surface area contributed by atoms with E-state index in [0.717, 1.165) is 23.2 Å². The molecule has 2 heterocycles. The molecule has 2 aromatic heterocycles. The van der Waals surface area contributed by atoms with E-state index in [9.17, 15) is 22.8 Å². The van der Waals surface area contributed by atoms with E-state index >= 15 is 0 Å². The van der Waals surface area contributed by atoms with Gasteiger partial charge in [0, 0.05) is 17.8 Å². The number of halogens is 4. The number of rotatable bonds is 10. The Hall–Kier alpha value is -4.16. The number of carbonyl (C=O) groups is 2. The predicted octanol–water partition coefficient (Wildman–Crippen LogP) is 6.03. The van der Waals surface area contributed by atoms with Gasteiger partial charge in [0.2, 0.25) is 0 Å². The number of alkyl halides is 3. The lowest BCUT2D eigenvalue weighted by molar-refractivity contribution is -0.192. The Balaban J connectivity index is 0.000000707. The summed E-state index contributed by atoms with van der Waals surface area (Å²) in [6, 6.07) is 19.0. The monoisotopic (exact) mass is 647 g/mol. The molecule has 0 radical (unpaired) electrons. The van der Waals surface area contributed by atoms with Gasteiger partial charge in [0.15, 0.2) is 0 Å². The fourth-order valence-electron chi connectivity index (χ4n) is 4.88. The van der Waals surface area contributed by atoms with Gasteiger partial charge < -0.3 is 15.7 Å². The molecule has 13 heteroatoms. The summed E-state index contributed by atoms with van der Waals surface area (Å²) >= 11 is 6.62. The second-order valence-electron chi connectivity index (χ2n) is 10.8. The predicted molar refractivity (Wildman–Crippen MR) is 167 cm³/mol. The normalized spacial score (nSPS) is 12.7. The summed E-state index contributed by atoms with van der Waals surface area (Å²) < 4.78 is 34.8. The lowest BCUT2D eigenvalue weighted by Crippen LogP contribution is -2.43. The standard InChI is InChI=1S/C30H36ClN5O2.C2HF3O2/c1-5-21(3)28(34(17-9-16-32)29(37)24-14-12-20(2)13-15-24)26-18-25-27(31)22(4)33-36(25)30(38)35(26)19-23-10-7-6-8-11-23;3-2(4,5)1(6)7/h6-8,10-15,18,21,28H,5,9,16-17,19,32H2,1-4H3;(H,6,7). The summed E-state index contributed by atoms with van der Waals surface area (Å²) in [7, 11) is 0. The summed E-state index contributed by atoms with van der Waals surface area (Å²) in [6.45, 7) is 9.27. The molecule has 1 amide bonds. The van der Waals surface area contributed by atoms with Gasteiger partial charge in [0.05, 0.1) is 28.8 Å². The molecule has 0 saturated heterocycles. The van der Waals surface area contributed by atoms with Gasteiger partial charge in [-0.15, -0.1) is 0 Å². The number of aryl methyl sites for hydroxylation is 2. The Morgan fingerprint density at radius 1 is 1.09 bits per heavy atom. The van der Waals surface area contributed by atoms with Crippen molar-refractivity contribution in [3.63, 3.8) is 0 Å². The van der Waals surface area contributed by atoms with Crippen molar-refractivity contribution in [3.05, 3.63) is 104 Å². The summed E-state index contributed by atoms with van der Waals surface area (Å²) in [5.74, 6) is -2.79. The van der Waals surface area contributed by atoms with Crippen LogP contribution in [0.3, 0.4) is 0 Å². The highest BCUT2D eigenvalue weighted by atomic mass is 35.5. The Bertz CT molecular complexity index is 1670. The molecule has 0 fully saturated rings. The van der Waals surface area contributed by atoms with Gasteiger partial charge in [0.25, 0.3) is 5.91 Å². The molecule has 0 saturated carbocycles. The average Bonchev–Trinajstić information content (AvgIpc) is 3.29. The number of nitrogens with zero attached hydrogens (tertiary/aromatic N) is 4. The number of benzene rings is 2. The topological polar surface area (TPSA) is 123 Å². The summed E-state index contributed by atoms with van der Waals surface area (Å²) in [6.07, 6.45) is -3.63. The Kier molecular flexibility index (Phi) is 11.9. The van der Waals surface area contributed by atoms with Crippen LogP contribution in [-0.4, -0.2) is 55.3 Å². The zero-order valence-corrected chi connectivity index (χ0v) is 26.3. The van der Waals surface area contributed by atoms with Crippen molar-refractivity contribution in [2.75, 3.05) is 13.1 Å². The van der Waals surface area contributed by atoms with E-state index in [4.69, 9.17) is 27.2 Å². The molecule has 45 heavy (non-hydrogen) atoms. The van der Waals surface area contributed by atoms with Crippen LogP contribution in [-0.2, 0) is 11.3 Å². The molecule has 2 unspecified atom stereocenters. The van der Waals surface area contributed by atoms with E-state index in [1.807, 2.05) is 72.5 Å². The number of hydrogen-bond donors (Lipinski definition) is 2. The fraction of sp³-hybridized carbons (Fsp3) is 0.375. The highest BCUT2D eigenvalue weighted by molar-refractivity contribution is 6.34. The minimum atomic E-state index is -5.08. The third kappa shape index (κ3) is 8.52. The molecule has 4 rings (SSSR count). The largest absolute Gasteiger partial charge is 0.490 e. The highest BCUT2D eigenvalue weighted by Gasteiger charge is 2.38. The van der Waals surface area contributed by atoms with Gasteiger partial charge in [-0.2, -0.15) is 22.8 Å². The summed E-state index contributed by atoms with van der Waals surface area (Å²) in [4.78, 5) is 38.8. The molecule has 0 spiro atoms. The van der Waals surface area contributed by atoms with E-state index in [1.54, 1.807) is 11.5 Å². The summed E-state index contributed by atoms with van der Waals surface area (Å²) in [5, 5.41) is 12.0. The molecule has 0 bridgehead atoms. The number of carboxylic acid groups (broad SMARTS) is 1. The average molecular weight is 648 g/mol. The van der Waals surface area contributed by atoms with Crippen LogP contribution >= 0.6 is 11.6 Å². The van der Waals surface area contributed by atoms with Crippen molar-refractivity contribution in [3.8, 4) is 0 Å². The zero-order chi connectivity index (χ0) is 33.5. The first-order valence-corrected chi connectivity index (χ1v) is 14.8. The minimum absolute atomic E-state index is 0.0499. The lowest BCUT2D eigenvalue weighted by Gasteiger charge is -2.37. The van der Waals surface area contributed by atoms with E-state index in [-0.39, 0.29) is 23.6 Å². The van der Waals surface area contributed by atoms with E-state index < -0.39 is 12.1 Å². The Morgan fingerprint density at radius 3 is 2.22 bits per heavy atom. The fourth-order valence-corrected chi connectivity index (χ4v) is 5.05. The maximum absolute atomic E-state index is 14.0. The molecule has 0 aliphatic heterocycles. The van der Waals surface area contributed by atoms with Crippen LogP contribution in [0.1, 0.15) is 65.6 Å². The van der Waals surface area contributed by atoms with E-state index in [0.29, 0.717) is 47.9 Å². The van der Waals surface area contributed by atoms with Gasteiger partial charge in [-0.25, -0.2) is 9.59 Å². The number of fused-ring (bicyclic) bond motifs is 1. The molecular formula is C32H37ClF3N5O4. The van der Waals surface area contributed by atoms with Crippen LogP contribution in [0.2, 0.25) is 5.02 Å². The van der Waals surface area contributed by atoms with Gasteiger partial charge in [-0.1, -0.05) is 79.9 Å². The van der Waals surface area contributed by atoms with Gasteiger partial charge in [-0.3, -0.25) is 9.36 Å². The SMILES string of the molecule is CCC(C)C(c1cc2c(Cl)c(C)nn2c(=O)n1Cc1ccccc1)N(CCCN)C(=O)c1ccc(C)cc1.O=C(O)C(F)(F)F. The first-order valence-electron chi connectivity index (χ1n) is 14.4. The third-order valence-electron chi connectivity index (χ3n) is 7.44. The number of hydrogen-bond acceptors (Lipinski definition) is 5. The van der Waals surface area contributed by atoms with Crippen LogP contribution < -0.4 is 11.4 Å². The van der Waals surface area contributed by atoms with Crippen molar-refractivity contribution in [2.24, 2.45) is 11.7 Å². The molecule has 9 nitrogen and oxygen atoms in total. The van der Waals surface area contributed by atoms with Crippen LogP contribution in [0.25, 0.3) is 5.52 Å². The van der Waals surface area contributed by atoms with Gasteiger partial charge in [0.1, 0.15) is 0 Å². The minimum Gasteiger partial charge on any atom is -0.475 e. The zero-order valence-electron chi connectivity index (χ0n) is 25.5. The number of carboxylic acids is 1. The van der Waals surface area contributed by atoms with Crippen LogP contribution in [0, 0.1) is 19.8 Å². The van der Waals surface area contributed by atoms with Crippen LogP contribution in [0.4, 0.5) is 13.2 Å². The van der Waals surface area contributed by atoms with Gasteiger partial charge >= 0.3 is 17.8 Å². The first kappa shape index (κ1) is 35.3. The van der Waals surface area contributed by atoms with E-state index in [1.165, 1.54) is 4.52 Å². The highest BCUT2D eigenvalue weighted by Crippen LogP contribution is 2.34. The number of aliphatic carboxylic acids is 1. The second kappa shape index (κ2) is 15.2. The summed E-state index contributed by atoms with van der Waals surface area (Å²) in [5.41, 5.74) is 10.2. The number of aromatic nitrogens is 3. The van der Waals surface area contributed by atoms with E-state index in [2.05, 4.69) is 18.9 Å². The molecule has 2 aromatic carbocycles. The van der Waals surface area contributed by atoms with Crippen molar-refractivity contribution in [2.45, 2.75) is 59.3 Å². The maximum atomic E-state index is 14.0. The van der Waals surface area contributed by atoms with Crippen molar-refractivity contribution < 1.29 is 27.9 Å². The molecule has 0 aliphatic rings. The number of carbonyl (C=O) groups excluding carboxylic acids is 1. The van der Waals surface area contributed by atoms with Crippen molar-refractivity contribution in [1.29, 1.82) is 0 Å². The molecule has 3 N–H and O–H groups in total. The van der Waals surface area contributed by atoms with Crippen LogP contribution in [0.5, 0.6) is 0 Å². The molecule has 242 valence electrons. The third-order valence-corrected chi connectivity index (χ3v) is 7.91. The molecular weight excluding hydrogens is 611 g/mol. The number of amides is 1. The molecule has 2 atom stereocenters. The smallest absolute Gasteiger partial charge is 0.475 e. The molecule has 0 aliphatic carbocycles. The van der Waals surface area contributed by atoms with Crippen LogP contribution in [0.15, 0.2) is 65.5 Å². The number of nitrogens with two attached hydrogens (primary N) is 1. The maximum Gasteiger partial charge on any atom is 0.490 e. The molecule has 4 aromatic rings. The Labute approximate surface area is 264 Å². The van der Waals surface area contributed by atoms with Crippen molar-refractivity contribution in [1.82, 2.24) is 19.1 Å². The lowest BCUT2D eigenvalue weighted by atomic mass is 9.92. The first-order chi connectivity index (χ1) is 21.2. The van der Waals surface area contributed by atoms with Gasteiger partial charge in [-0.05, 0) is 56.5 Å².